The molecule has 0 fully saturated rings. The van der Waals surface area contributed by atoms with Crippen LogP contribution in [-0.4, -0.2) is 43.4 Å². The van der Waals surface area contributed by atoms with Gasteiger partial charge in [0.25, 0.3) is 0 Å². The molecule has 0 N–H and O–H groups in total. The van der Waals surface area contributed by atoms with Crippen LogP contribution in [0.2, 0.25) is 0 Å². The molecule has 0 aliphatic heterocycles. The normalized spacial score (nSPS) is 10.2. The summed E-state index contributed by atoms with van der Waals surface area (Å²) in [7, 11) is 3.23. The number of rotatable bonds is 8. The molecule has 180 valence electrons. The Morgan fingerprint density at radius 1 is 0.912 bits per heavy atom. The van der Waals surface area contributed by atoms with Gasteiger partial charge in [0.2, 0.25) is 0 Å². The summed E-state index contributed by atoms with van der Waals surface area (Å²) in [5, 5.41) is 2.91. The standard InChI is InChI=1S/C25H24N2O5.2ClH/c1-4-31-24(28)15-32-21-7-5-6-16-8-9-19(27-25(16)21)10-17-13-26-14-18-11-22(29-2)23(30-3)12-20(17)18;;/h5-9,11-14H,4,10,15H2,1-3H3;2*1H. The van der Waals surface area contributed by atoms with Crippen molar-refractivity contribution in [2.45, 2.75) is 13.3 Å². The van der Waals surface area contributed by atoms with Crippen LogP contribution in [0.3, 0.4) is 0 Å². The molecule has 0 spiro atoms. The number of fused-ring (bicyclic) bond motifs is 2. The minimum atomic E-state index is -0.410. The van der Waals surface area contributed by atoms with Gasteiger partial charge in [-0.2, -0.15) is 0 Å². The highest BCUT2D eigenvalue weighted by Gasteiger charge is 2.12. The number of ether oxygens (including phenoxy) is 4. The van der Waals surface area contributed by atoms with Crippen molar-refractivity contribution in [2.24, 2.45) is 0 Å². The number of esters is 1. The van der Waals surface area contributed by atoms with Crippen molar-refractivity contribution in [1.29, 1.82) is 0 Å². The lowest BCUT2D eigenvalue weighted by atomic mass is 10.0. The lowest BCUT2D eigenvalue weighted by Gasteiger charge is -2.12. The van der Waals surface area contributed by atoms with Crippen molar-refractivity contribution < 1.29 is 23.7 Å². The number of carbonyl (C=O) groups excluding carboxylic acids is 1. The first-order valence-electron chi connectivity index (χ1n) is 10.3. The van der Waals surface area contributed by atoms with E-state index >= 15 is 0 Å². The molecule has 2 aromatic carbocycles. The average molecular weight is 505 g/mol. The molecule has 0 saturated heterocycles. The molecule has 34 heavy (non-hydrogen) atoms. The molecule has 9 heteroatoms. The van der Waals surface area contributed by atoms with Crippen molar-refractivity contribution in [1.82, 2.24) is 9.97 Å². The summed E-state index contributed by atoms with van der Waals surface area (Å²) in [6.07, 6.45) is 4.21. The number of hydrogen-bond donors (Lipinski definition) is 0. The van der Waals surface area contributed by atoms with Crippen LogP contribution in [0.4, 0.5) is 0 Å². The number of para-hydroxylation sites is 1. The fourth-order valence-electron chi connectivity index (χ4n) is 3.61. The lowest BCUT2D eigenvalue weighted by molar-refractivity contribution is -0.145. The van der Waals surface area contributed by atoms with Crippen LogP contribution >= 0.6 is 24.8 Å². The van der Waals surface area contributed by atoms with Crippen LogP contribution in [0.15, 0.2) is 54.9 Å². The number of benzene rings is 2. The summed E-state index contributed by atoms with van der Waals surface area (Å²) in [6, 6.07) is 13.5. The van der Waals surface area contributed by atoms with Crippen LogP contribution in [-0.2, 0) is 16.0 Å². The van der Waals surface area contributed by atoms with Crippen LogP contribution in [0.25, 0.3) is 21.7 Å². The first-order chi connectivity index (χ1) is 15.6. The third-order valence-electron chi connectivity index (χ3n) is 5.11. The second-order valence-corrected chi connectivity index (χ2v) is 7.13. The van der Waals surface area contributed by atoms with Crippen molar-refractivity contribution in [3.63, 3.8) is 0 Å². The van der Waals surface area contributed by atoms with Gasteiger partial charge in [-0.05, 0) is 42.1 Å². The molecule has 2 heterocycles. The van der Waals surface area contributed by atoms with Gasteiger partial charge in [0.05, 0.1) is 20.8 Å². The van der Waals surface area contributed by atoms with E-state index in [1.165, 1.54) is 0 Å². The van der Waals surface area contributed by atoms with Crippen LogP contribution in [0.5, 0.6) is 17.2 Å². The van der Waals surface area contributed by atoms with Gasteiger partial charge in [0, 0.05) is 35.3 Å². The van der Waals surface area contributed by atoms with Gasteiger partial charge < -0.3 is 18.9 Å². The molecule has 0 aliphatic rings. The summed E-state index contributed by atoms with van der Waals surface area (Å²) < 4.78 is 21.5. The van der Waals surface area contributed by atoms with Crippen molar-refractivity contribution in [3.8, 4) is 17.2 Å². The molecule has 0 radical (unpaired) electrons. The summed E-state index contributed by atoms with van der Waals surface area (Å²) in [5.41, 5.74) is 2.57. The van der Waals surface area contributed by atoms with E-state index in [9.17, 15) is 4.79 Å². The third-order valence-corrected chi connectivity index (χ3v) is 5.11. The van der Waals surface area contributed by atoms with Crippen LogP contribution < -0.4 is 14.2 Å². The van der Waals surface area contributed by atoms with E-state index < -0.39 is 5.97 Å². The van der Waals surface area contributed by atoms with E-state index in [1.54, 1.807) is 33.4 Å². The Balaban J connectivity index is 0.00000204. The maximum atomic E-state index is 11.7. The molecule has 0 saturated carbocycles. The monoisotopic (exact) mass is 504 g/mol. The molecule has 0 aliphatic carbocycles. The van der Waals surface area contributed by atoms with Gasteiger partial charge in [-0.1, -0.05) is 18.2 Å². The molecule has 0 unspecified atom stereocenters. The first-order valence-corrected chi connectivity index (χ1v) is 10.3. The van der Waals surface area contributed by atoms with Gasteiger partial charge >= 0.3 is 5.97 Å². The van der Waals surface area contributed by atoms with Crippen molar-refractivity contribution >= 4 is 52.5 Å². The first kappa shape index (κ1) is 27.0. The maximum absolute atomic E-state index is 11.7. The highest BCUT2D eigenvalue weighted by molar-refractivity contribution is 5.89. The highest BCUT2D eigenvalue weighted by Crippen LogP contribution is 2.34. The van der Waals surface area contributed by atoms with Crippen molar-refractivity contribution in [2.75, 3.05) is 27.4 Å². The van der Waals surface area contributed by atoms with Gasteiger partial charge in [-0.3, -0.25) is 4.98 Å². The molecular weight excluding hydrogens is 479 g/mol. The maximum Gasteiger partial charge on any atom is 0.344 e. The van der Waals surface area contributed by atoms with E-state index in [2.05, 4.69) is 4.98 Å². The quantitative estimate of drug-likeness (QED) is 0.306. The Labute approximate surface area is 210 Å². The number of carbonyl (C=O) groups is 1. The minimum absolute atomic E-state index is 0. The topological polar surface area (TPSA) is 79.8 Å². The number of pyridine rings is 2. The molecule has 4 aromatic rings. The van der Waals surface area contributed by atoms with E-state index in [0.29, 0.717) is 35.8 Å². The predicted octanol–water partition coefficient (Wildman–Crippen LogP) is 5.18. The molecule has 0 atom stereocenters. The number of halogens is 2. The molecule has 0 amide bonds. The van der Waals surface area contributed by atoms with E-state index in [-0.39, 0.29) is 31.4 Å². The number of methoxy groups -OCH3 is 2. The zero-order valence-corrected chi connectivity index (χ0v) is 20.7. The van der Waals surface area contributed by atoms with Gasteiger partial charge in [0.15, 0.2) is 18.1 Å². The minimum Gasteiger partial charge on any atom is -0.493 e. The predicted molar refractivity (Wildman–Crippen MR) is 136 cm³/mol. The molecule has 0 bridgehead atoms. The van der Waals surface area contributed by atoms with Crippen molar-refractivity contribution in [3.05, 3.63) is 66.1 Å². The summed E-state index contributed by atoms with van der Waals surface area (Å²) in [6.45, 7) is 1.92. The average Bonchev–Trinajstić information content (AvgIpc) is 2.82. The Morgan fingerprint density at radius 3 is 2.41 bits per heavy atom. The highest BCUT2D eigenvalue weighted by atomic mass is 35.5. The number of nitrogens with zero attached hydrogens (tertiary/aromatic N) is 2. The lowest BCUT2D eigenvalue weighted by Crippen LogP contribution is -2.14. The second kappa shape index (κ2) is 12.3. The SMILES string of the molecule is CCOC(=O)COc1cccc2ccc(Cc3cncc4cc(OC)c(OC)cc34)nc12.Cl.Cl. The Bertz CT molecular complexity index is 1280. The van der Waals surface area contributed by atoms with Gasteiger partial charge in [0.1, 0.15) is 11.3 Å². The largest absolute Gasteiger partial charge is 0.493 e. The van der Waals surface area contributed by atoms with E-state index in [0.717, 1.165) is 27.4 Å². The molecule has 7 nitrogen and oxygen atoms in total. The molecule has 2 aromatic heterocycles. The smallest absolute Gasteiger partial charge is 0.344 e. The molecular formula is C25H26Cl2N2O5. The zero-order chi connectivity index (χ0) is 22.5. The van der Waals surface area contributed by atoms with Gasteiger partial charge in [-0.25, -0.2) is 9.78 Å². The van der Waals surface area contributed by atoms with E-state index in [1.807, 2.05) is 42.6 Å². The Hall–Kier alpha value is -3.29. The van der Waals surface area contributed by atoms with Gasteiger partial charge in [-0.15, -0.1) is 24.8 Å². The Kier molecular flexibility index (Phi) is 9.71. The van der Waals surface area contributed by atoms with Crippen LogP contribution in [0.1, 0.15) is 18.2 Å². The van der Waals surface area contributed by atoms with Crippen LogP contribution in [0, 0.1) is 0 Å². The summed E-state index contributed by atoms with van der Waals surface area (Å²) >= 11 is 0. The Morgan fingerprint density at radius 2 is 1.68 bits per heavy atom. The fourth-order valence-corrected chi connectivity index (χ4v) is 3.61. The molecule has 4 rings (SSSR count). The number of hydrogen-bond acceptors (Lipinski definition) is 7. The second-order valence-electron chi connectivity index (χ2n) is 7.13. The summed E-state index contributed by atoms with van der Waals surface area (Å²) in [4.78, 5) is 20.9. The third kappa shape index (κ3) is 5.79. The fraction of sp³-hybridized carbons (Fsp3) is 0.240. The zero-order valence-electron chi connectivity index (χ0n) is 19.1. The van der Waals surface area contributed by atoms with E-state index in [4.69, 9.17) is 23.9 Å². The summed E-state index contributed by atoms with van der Waals surface area (Å²) in [5.74, 6) is 1.45. The number of aromatic nitrogens is 2.